The lowest BCUT2D eigenvalue weighted by Crippen LogP contribution is -2.29. The highest BCUT2D eigenvalue weighted by atomic mass is 16.6. The number of nitrogens with one attached hydrogen (secondary N) is 1. The Kier molecular flexibility index (Phi) is 7.59. The minimum absolute atomic E-state index is 0.0742. The van der Waals surface area contributed by atoms with E-state index in [-0.39, 0.29) is 24.7 Å². The molecular weight excluding hydrogens is 346 g/mol. The van der Waals surface area contributed by atoms with E-state index in [2.05, 4.69) is 22.2 Å². The number of nitrogens with zero attached hydrogens (tertiary/aromatic N) is 2. The van der Waals surface area contributed by atoms with Crippen LogP contribution in [0.25, 0.3) is 0 Å². The molecule has 1 atom stereocenters. The Labute approximate surface area is 161 Å². The van der Waals surface area contributed by atoms with Crippen LogP contribution >= 0.6 is 0 Å². The Hall–Kier alpha value is -2.15. The molecule has 0 aliphatic carbocycles. The quantitative estimate of drug-likeness (QED) is 0.554. The molecule has 0 radical (unpaired) electrons. The van der Waals surface area contributed by atoms with E-state index in [0.29, 0.717) is 24.9 Å². The Balaban J connectivity index is 1.66. The normalized spacial score (nSPS) is 17.6. The lowest BCUT2D eigenvalue weighted by atomic mass is 10.1. The van der Waals surface area contributed by atoms with Gasteiger partial charge in [0.25, 0.3) is 0 Å². The first-order valence-corrected chi connectivity index (χ1v) is 9.51. The molecule has 0 saturated carbocycles. The summed E-state index contributed by atoms with van der Waals surface area (Å²) in [5.41, 5.74) is 0.631. The van der Waals surface area contributed by atoms with Crippen LogP contribution in [-0.2, 0) is 14.3 Å². The minimum Gasteiger partial charge on any atom is -0.490 e. The van der Waals surface area contributed by atoms with Crippen molar-refractivity contribution in [2.45, 2.75) is 58.1 Å². The van der Waals surface area contributed by atoms with Crippen LogP contribution in [0.15, 0.2) is 18.5 Å². The van der Waals surface area contributed by atoms with Crippen LogP contribution in [0.4, 0.5) is 0 Å². The highest BCUT2D eigenvalue weighted by molar-refractivity contribution is 5.81. The summed E-state index contributed by atoms with van der Waals surface area (Å²) in [6.45, 7) is 7.24. The topological polar surface area (TPSA) is 80.8 Å². The van der Waals surface area contributed by atoms with Crippen LogP contribution < -0.4 is 10.1 Å². The highest BCUT2D eigenvalue weighted by Crippen LogP contribution is 2.31. The Bertz CT molecular complexity index is 642. The smallest absolute Gasteiger partial charge is 0.306 e. The van der Waals surface area contributed by atoms with Crippen LogP contribution in [0.3, 0.4) is 0 Å². The molecule has 1 aromatic heterocycles. The van der Waals surface area contributed by atoms with Crippen molar-refractivity contribution in [1.82, 2.24) is 15.2 Å². The number of likely N-dealkylation sites (tertiary alicyclic amines) is 1. The number of amides is 1. The number of esters is 1. The van der Waals surface area contributed by atoms with Crippen molar-refractivity contribution in [2.24, 2.45) is 0 Å². The molecule has 1 N–H and O–H groups in total. The van der Waals surface area contributed by atoms with Crippen LogP contribution in [0.2, 0.25) is 0 Å². The summed E-state index contributed by atoms with van der Waals surface area (Å²) < 4.78 is 10.9. The number of pyridine rings is 1. The van der Waals surface area contributed by atoms with Gasteiger partial charge in [-0.15, -0.1) is 0 Å². The number of aromatic nitrogens is 1. The second kappa shape index (κ2) is 9.69. The van der Waals surface area contributed by atoms with E-state index in [9.17, 15) is 9.59 Å². The second-order valence-corrected chi connectivity index (χ2v) is 7.88. The van der Waals surface area contributed by atoms with Gasteiger partial charge in [-0.05, 0) is 58.8 Å². The van der Waals surface area contributed by atoms with Crippen molar-refractivity contribution in [1.29, 1.82) is 0 Å². The lowest BCUT2D eigenvalue weighted by molar-refractivity contribution is -0.155. The largest absolute Gasteiger partial charge is 0.490 e. The van der Waals surface area contributed by atoms with Gasteiger partial charge >= 0.3 is 5.97 Å². The summed E-state index contributed by atoms with van der Waals surface area (Å²) in [5, 5.41) is 2.75. The number of hydrogen-bond acceptors (Lipinski definition) is 6. The van der Waals surface area contributed by atoms with Gasteiger partial charge in [-0.3, -0.25) is 19.5 Å². The first-order chi connectivity index (χ1) is 12.7. The average molecular weight is 377 g/mol. The molecule has 2 rings (SSSR count). The maximum Gasteiger partial charge on any atom is 0.306 e. The number of rotatable bonds is 8. The molecule has 150 valence electrons. The SMILES string of the molecule is CN1CCC[C@H]1c1cncc(OCCNC(=O)CCC(=O)OC(C)(C)C)c1. The molecule has 1 aromatic rings. The van der Waals surface area contributed by atoms with Crippen LogP contribution in [-0.4, -0.2) is 54.1 Å². The molecule has 7 nitrogen and oxygen atoms in total. The van der Waals surface area contributed by atoms with E-state index in [0.717, 1.165) is 18.5 Å². The third kappa shape index (κ3) is 7.54. The van der Waals surface area contributed by atoms with Gasteiger partial charge in [0.05, 0.1) is 19.2 Å². The molecule has 0 unspecified atom stereocenters. The van der Waals surface area contributed by atoms with Crippen LogP contribution in [0, 0.1) is 0 Å². The van der Waals surface area contributed by atoms with Crippen LogP contribution in [0.1, 0.15) is 58.1 Å². The maximum absolute atomic E-state index is 11.8. The molecule has 1 amide bonds. The zero-order valence-corrected chi connectivity index (χ0v) is 16.8. The van der Waals surface area contributed by atoms with Gasteiger partial charge in [-0.1, -0.05) is 0 Å². The summed E-state index contributed by atoms with van der Waals surface area (Å²) in [4.78, 5) is 30.0. The van der Waals surface area contributed by atoms with Crippen molar-refractivity contribution in [3.8, 4) is 5.75 Å². The molecule has 1 fully saturated rings. The fourth-order valence-corrected chi connectivity index (χ4v) is 3.08. The minimum atomic E-state index is -0.530. The van der Waals surface area contributed by atoms with E-state index in [1.54, 1.807) is 27.0 Å². The van der Waals surface area contributed by atoms with Gasteiger partial charge in [-0.2, -0.15) is 0 Å². The van der Waals surface area contributed by atoms with E-state index in [4.69, 9.17) is 9.47 Å². The summed E-state index contributed by atoms with van der Waals surface area (Å²) in [6.07, 6.45) is 6.09. The third-order valence-electron chi connectivity index (χ3n) is 4.31. The predicted molar refractivity (Wildman–Crippen MR) is 102 cm³/mol. The Morgan fingerprint density at radius 1 is 1.30 bits per heavy atom. The standard InChI is InChI=1S/C20H31N3O4/c1-20(2,3)27-19(25)8-7-18(24)22-9-11-26-16-12-15(13-21-14-16)17-6-5-10-23(17)4/h12-14,17H,5-11H2,1-4H3,(H,22,24)/t17-/m0/s1. The number of carbonyl (C=O) groups excluding carboxylic acids is 2. The first-order valence-electron chi connectivity index (χ1n) is 9.51. The number of ether oxygens (including phenoxy) is 2. The first kappa shape index (κ1) is 21.2. The van der Waals surface area contributed by atoms with Gasteiger partial charge in [0.1, 0.15) is 18.0 Å². The third-order valence-corrected chi connectivity index (χ3v) is 4.31. The molecule has 2 heterocycles. The molecule has 0 aromatic carbocycles. The maximum atomic E-state index is 11.8. The van der Waals surface area contributed by atoms with Gasteiger partial charge in [0.15, 0.2) is 0 Å². The van der Waals surface area contributed by atoms with E-state index >= 15 is 0 Å². The highest BCUT2D eigenvalue weighted by Gasteiger charge is 2.23. The Morgan fingerprint density at radius 2 is 2.07 bits per heavy atom. The molecule has 7 heteroatoms. The monoisotopic (exact) mass is 377 g/mol. The molecule has 0 bridgehead atoms. The van der Waals surface area contributed by atoms with Gasteiger partial charge in [-0.25, -0.2) is 0 Å². The molecule has 0 spiro atoms. The zero-order chi connectivity index (χ0) is 19.9. The van der Waals surface area contributed by atoms with E-state index in [1.807, 2.05) is 12.3 Å². The zero-order valence-electron chi connectivity index (χ0n) is 16.8. The molecule has 1 saturated heterocycles. The summed E-state index contributed by atoms with van der Waals surface area (Å²) in [7, 11) is 2.12. The fourth-order valence-electron chi connectivity index (χ4n) is 3.08. The van der Waals surface area contributed by atoms with Crippen molar-refractivity contribution in [3.05, 3.63) is 24.0 Å². The summed E-state index contributed by atoms with van der Waals surface area (Å²) >= 11 is 0. The Morgan fingerprint density at radius 3 is 2.74 bits per heavy atom. The number of carbonyl (C=O) groups is 2. The van der Waals surface area contributed by atoms with Crippen molar-refractivity contribution >= 4 is 11.9 Å². The van der Waals surface area contributed by atoms with Crippen molar-refractivity contribution in [2.75, 3.05) is 26.7 Å². The van der Waals surface area contributed by atoms with Crippen molar-refractivity contribution in [3.63, 3.8) is 0 Å². The van der Waals surface area contributed by atoms with Gasteiger partial charge in [0.2, 0.25) is 5.91 Å². The van der Waals surface area contributed by atoms with Crippen molar-refractivity contribution < 1.29 is 19.1 Å². The molecule has 27 heavy (non-hydrogen) atoms. The average Bonchev–Trinajstić information content (AvgIpc) is 3.02. The number of hydrogen-bond donors (Lipinski definition) is 1. The summed E-state index contributed by atoms with van der Waals surface area (Å²) in [5.74, 6) is 0.147. The molecule has 1 aliphatic heterocycles. The van der Waals surface area contributed by atoms with Crippen LogP contribution in [0.5, 0.6) is 5.75 Å². The van der Waals surface area contributed by atoms with Gasteiger partial charge < -0.3 is 14.8 Å². The van der Waals surface area contributed by atoms with E-state index < -0.39 is 5.60 Å². The summed E-state index contributed by atoms with van der Waals surface area (Å²) in [6, 6.07) is 2.41. The predicted octanol–water partition coefficient (Wildman–Crippen LogP) is 2.47. The van der Waals surface area contributed by atoms with Gasteiger partial charge in [0, 0.05) is 18.7 Å². The van der Waals surface area contributed by atoms with E-state index in [1.165, 1.54) is 6.42 Å². The second-order valence-electron chi connectivity index (χ2n) is 7.88. The lowest BCUT2D eigenvalue weighted by Gasteiger charge is -2.20. The molecular formula is C20H31N3O4. The fraction of sp³-hybridized carbons (Fsp3) is 0.650. The molecule has 1 aliphatic rings.